The van der Waals surface area contributed by atoms with Crippen LogP contribution in [0.15, 0.2) is 0 Å². The van der Waals surface area contributed by atoms with Crippen LogP contribution in [-0.2, 0) is 4.79 Å². The molecule has 0 radical (unpaired) electrons. The highest BCUT2D eigenvalue weighted by atomic mass is 35.5. The van der Waals surface area contributed by atoms with E-state index < -0.39 is 0 Å². The van der Waals surface area contributed by atoms with Crippen molar-refractivity contribution in [3.8, 4) is 0 Å². The van der Waals surface area contributed by atoms with E-state index in [4.69, 9.17) is 0 Å². The van der Waals surface area contributed by atoms with Gasteiger partial charge < -0.3 is 10.2 Å². The zero-order chi connectivity index (χ0) is 11.4. The second-order valence-corrected chi connectivity index (χ2v) is 5.30. The minimum atomic E-state index is 0. The quantitative estimate of drug-likeness (QED) is 0.841. The summed E-state index contributed by atoms with van der Waals surface area (Å²) in [5.74, 6) is 1.24. The second kappa shape index (κ2) is 7.22. The molecule has 0 aromatic carbocycles. The van der Waals surface area contributed by atoms with Crippen molar-refractivity contribution >= 4 is 18.3 Å². The van der Waals surface area contributed by atoms with Crippen molar-refractivity contribution in [1.82, 2.24) is 10.2 Å². The Morgan fingerprint density at radius 3 is 2.65 bits per heavy atom. The first kappa shape index (κ1) is 14.8. The molecule has 3 nitrogen and oxygen atoms in total. The zero-order valence-electron chi connectivity index (χ0n) is 10.8. The van der Waals surface area contributed by atoms with E-state index >= 15 is 0 Å². The summed E-state index contributed by atoms with van der Waals surface area (Å²) in [5, 5.41) is 3.28. The van der Waals surface area contributed by atoms with Gasteiger partial charge in [-0.25, -0.2) is 0 Å². The van der Waals surface area contributed by atoms with Gasteiger partial charge in [-0.3, -0.25) is 4.79 Å². The molecule has 1 aliphatic carbocycles. The fourth-order valence-corrected chi connectivity index (χ4v) is 2.71. The van der Waals surface area contributed by atoms with Crippen molar-refractivity contribution in [1.29, 1.82) is 0 Å². The molecule has 2 rings (SSSR count). The van der Waals surface area contributed by atoms with E-state index in [1.54, 1.807) is 0 Å². The smallest absolute Gasteiger partial charge is 0.222 e. The van der Waals surface area contributed by atoms with Gasteiger partial charge >= 0.3 is 0 Å². The summed E-state index contributed by atoms with van der Waals surface area (Å²) in [7, 11) is 1.99. The van der Waals surface area contributed by atoms with E-state index in [0.717, 1.165) is 38.3 Å². The van der Waals surface area contributed by atoms with Crippen LogP contribution in [0.2, 0.25) is 0 Å². The van der Waals surface area contributed by atoms with Crippen LogP contribution in [0.4, 0.5) is 0 Å². The van der Waals surface area contributed by atoms with Crippen molar-refractivity contribution in [2.45, 2.75) is 51.0 Å². The summed E-state index contributed by atoms with van der Waals surface area (Å²) in [6.07, 6.45) is 8.35. The first-order valence-corrected chi connectivity index (χ1v) is 6.74. The Kier molecular flexibility index (Phi) is 6.28. The Balaban J connectivity index is 0.00000144. The lowest BCUT2D eigenvalue weighted by Gasteiger charge is -2.33. The Bertz CT molecular complexity index is 244. The highest BCUT2D eigenvalue weighted by molar-refractivity contribution is 5.85. The molecule has 1 amide bonds. The topological polar surface area (TPSA) is 32.3 Å². The number of likely N-dealkylation sites (N-methyl/N-ethyl adjacent to an activating group) is 1. The predicted molar refractivity (Wildman–Crippen MR) is 72.5 cm³/mol. The third-order valence-electron chi connectivity index (χ3n) is 4.17. The molecule has 1 unspecified atom stereocenters. The van der Waals surface area contributed by atoms with Crippen molar-refractivity contribution < 1.29 is 4.79 Å². The van der Waals surface area contributed by atoms with Crippen LogP contribution in [-0.4, -0.2) is 37.0 Å². The third kappa shape index (κ3) is 4.14. The van der Waals surface area contributed by atoms with Gasteiger partial charge in [-0.1, -0.05) is 19.3 Å². The molecule has 1 saturated heterocycles. The van der Waals surface area contributed by atoms with E-state index in [9.17, 15) is 4.79 Å². The molecule has 0 aromatic rings. The van der Waals surface area contributed by atoms with Crippen molar-refractivity contribution in [3.05, 3.63) is 0 Å². The largest absolute Gasteiger partial charge is 0.341 e. The first-order chi connectivity index (χ1) is 7.79. The first-order valence-electron chi connectivity index (χ1n) is 6.74. The SMILES string of the molecule is CNC1CCCN(C(=O)CCC2CCC2)C1.Cl. The molecule has 1 aliphatic heterocycles. The van der Waals surface area contributed by atoms with Gasteiger partial charge in [0.25, 0.3) is 0 Å². The number of carbonyl (C=O) groups is 1. The van der Waals surface area contributed by atoms with Gasteiger partial charge in [0.05, 0.1) is 0 Å². The zero-order valence-corrected chi connectivity index (χ0v) is 11.6. The van der Waals surface area contributed by atoms with Gasteiger partial charge in [0.15, 0.2) is 0 Å². The molecule has 1 atom stereocenters. The van der Waals surface area contributed by atoms with Crippen molar-refractivity contribution in [2.24, 2.45) is 5.92 Å². The standard InChI is InChI=1S/C13H24N2O.ClH/c1-14-12-6-3-9-15(10-12)13(16)8-7-11-4-2-5-11;/h11-12,14H,2-10H2,1H3;1H. The predicted octanol–water partition coefficient (Wildman–Crippen LogP) is 2.20. The molecule has 1 N–H and O–H groups in total. The maximum Gasteiger partial charge on any atom is 0.222 e. The van der Waals surface area contributed by atoms with Crippen LogP contribution in [0.1, 0.15) is 44.9 Å². The summed E-state index contributed by atoms with van der Waals surface area (Å²) in [5.41, 5.74) is 0. The Hall–Kier alpha value is -0.280. The molecule has 0 bridgehead atoms. The minimum Gasteiger partial charge on any atom is -0.341 e. The summed E-state index contributed by atoms with van der Waals surface area (Å²) in [6.45, 7) is 1.89. The summed E-state index contributed by atoms with van der Waals surface area (Å²) < 4.78 is 0. The van der Waals surface area contributed by atoms with Crippen LogP contribution in [0, 0.1) is 5.92 Å². The van der Waals surface area contributed by atoms with E-state index in [1.165, 1.54) is 25.7 Å². The van der Waals surface area contributed by atoms with Gasteiger partial charge in [-0.05, 0) is 32.2 Å². The van der Waals surface area contributed by atoms with Gasteiger partial charge in [0.1, 0.15) is 0 Å². The molecule has 0 spiro atoms. The highest BCUT2D eigenvalue weighted by Gasteiger charge is 2.24. The second-order valence-electron chi connectivity index (χ2n) is 5.30. The number of amides is 1. The molecule has 2 fully saturated rings. The van der Waals surface area contributed by atoms with Crippen molar-refractivity contribution in [2.75, 3.05) is 20.1 Å². The number of hydrogen-bond donors (Lipinski definition) is 1. The van der Waals surface area contributed by atoms with Crippen LogP contribution >= 0.6 is 12.4 Å². The number of rotatable bonds is 4. The lowest BCUT2D eigenvalue weighted by Crippen LogP contribution is -2.47. The van der Waals surface area contributed by atoms with E-state index in [2.05, 4.69) is 10.2 Å². The number of hydrogen-bond acceptors (Lipinski definition) is 2. The normalized spacial score (nSPS) is 25.0. The number of likely N-dealkylation sites (tertiary alicyclic amines) is 1. The van der Waals surface area contributed by atoms with Gasteiger partial charge in [0.2, 0.25) is 5.91 Å². The average Bonchev–Trinajstić information content (AvgIpc) is 2.27. The lowest BCUT2D eigenvalue weighted by atomic mass is 9.82. The lowest BCUT2D eigenvalue weighted by molar-refractivity contribution is -0.133. The fraction of sp³-hybridized carbons (Fsp3) is 0.923. The fourth-order valence-electron chi connectivity index (χ4n) is 2.71. The van der Waals surface area contributed by atoms with E-state index in [0.29, 0.717) is 11.9 Å². The molecule has 1 heterocycles. The maximum absolute atomic E-state index is 12.0. The van der Waals surface area contributed by atoms with Crippen molar-refractivity contribution in [3.63, 3.8) is 0 Å². The molecule has 17 heavy (non-hydrogen) atoms. The molecule has 100 valence electrons. The summed E-state index contributed by atoms with van der Waals surface area (Å²) in [4.78, 5) is 14.1. The Morgan fingerprint density at radius 2 is 2.06 bits per heavy atom. The average molecular weight is 261 g/mol. The van der Waals surface area contributed by atoms with Crippen LogP contribution in [0.3, 0.4) is 0 Å². The molecular weight excluding hydrogens is 236 g/mol. The number of piperidine rings is 1. The number of nitrogens with zero attached hydrogens (tertiary/aromatic N) is 1. The molecular formula is C13H25ClN2O. The summed E-state index contributed by atoms with van der Waals surface area (Å²) >= 11 is 0. The molecule has 2 aliphatic rings. The Morgan fingerprint density at radius 1 is 1.29 bits per heavy atom. The van der Waals surface area contributed by atoms with E-state index in [-0.39, 0.29) is 12.4 Å². The maximum atomic E-state index is 12.0. The highest BCUT2D eigenvalue weighted by Crippen LogP contribution is 2.30. The number of nitrogens with one attached hydrogen (secondary N) is 1. The van der Waals surface area contributed by atoms with Crippen LogP contribution in [0.5, 0.6) is 0 Å². The van der Waals surface area contributed by atoms with Crippen LogP contribution in [0.25, 0.3) is 0 Å². The van der Waals surface area contributed by atoms with Crippen LogP contribution < -0.4 is 5.32 Å². The Labute approximate surface area is 111 Å². The van der Waals surface area contributed by atoms with Gasteiger partial charge in [-0.2, -0.15) is 0 Å². The third-order valence-corrected chi connectivity index (χ3v) is 4.17. The van der Waals surface area contributed by atoms with E-state index in [1.807, 2.05) is 7.05 Å². The van der Waals surface area contributed by atoms with Gasteiger partial charge in [-0.15, -0.1) is 12.4 Å². The minimum absolute atomic E-state index is 0. The molecule has 4 heteroatoms. The molecule has 1 saturated carbocycles. The number of halogens is 1. The number of carbonyl (C=O) groups excluding carboxylic acids is 1. The van der Waals surface area contributed by atoms with Gasteiger partial charge in [0, 0.05) is 25.6 Å². The monoisotopic (exact) mass is 260 g/mol. The molecule has 0 aromatic heterocycles. The summed E-state index contributed by atoms with van der Waals surface area (Å²) in [6, 6.07) is 0.515.